The number of aromatic nitrogens is 3. The highest BCUT2D eigenvalue weighted by atomic mass is 32.2. The highest BCUT2D eigenvalue weighted by molar-refractivity contribution is 7.99. The van der Waals surface area contributed by atoms with Crippen molar-refractivity contribution in [2.45, 2.75) is 24.7 Å². The van der Waals surface area contributed by atoms with Gasteiger partial charge in [-0.05, 0) is 31.2 Å². The van der Waals surface area contributed by atoms with Crippen molar-refractivity contribution in [2.75, 3.05) is 5.75 Å². The first-order chi connectivity index (χ1) is 12.6. The van der Waals surface area contributed by atoms with E-state index in [2.05, 4.69) is 21.9 Å². The highest BCUT2D eigenvalue weighted by Crippen LogP contribution is 2.18. The Hall–Kier alpha value is -2.87. The van der Waals surface area contributed by atoms with Crippen LogP contribution in [0, 0.1) is 0 Å². The molecule has 0 radical (unpaired) electrons. The zero-order valence-electron chi connectivity index (χ0n) is 14.2. The molecule has 0 saturated carbocycles. The summed E-state index contributed by atoms with van der Waals surface area (Å²) in [5, 5.41) is 3.72. The molecule has 0 aromatic carbocycles. The van der Waals surface area contributed by atoms with Gasteiger partial charge < -0.3 is 9.73 Å². The van der Waals surface area contributed by atoms with E-state index in [9.17, 15) is 9.59 Å². The van der Waals surface area contributed by atoms with E-state index in [-0.39, 0.29) is 23.3 Å². The molecule has 1 atom stereocenters. The van der Waals surface area contributed by atoms with Gasteiger partial charge >= 0.3 is 0 Å². The minimum absolute atomic E-state index is 0.118. The molecule has 26 heavy (non-hydrogen) atoms. The molecule has 0 fully saturated rings. The van der Waals surface area contributed by atoms with Gasteiger partial charge in [0.15, 0.2) is 10.8 Å². The number of amides is 1. The number of hydrogen-bond acceptors (Lipinski definition) is 6. The average Bonchev–Trinajstić information content (AvgIpc) is 3.17. The predicted molar refractivity (Wildman–Crippen MR) is 100.0 cm³/mol. The standard InChI is InChI=1S/C18H18N4O3S/c1-3-9-22-17(24)13-6-4-8-19-16(13)21-18(22)26-11-15(23)20-12(2)14-7-5-10-25-14/h3-8,10,12H,1,9,11H2,2H3,(H,20,23)/t12-/m1/s1. The first-order valence-corrected chi connectivity index (χ1v) is 9.00. The molecule has 3 rings (SSSR count). The van der Waals surface area contributed by atoms with Crippen LogP contribution in [0.4, 0.5) is 0 Å². The summed E-state index contributed by atoms with van der Waals surface area (Å²) in [6.07, 6.45) is 4.76. The molecule has 7 nitrogen and oxygen atoms in total. The first kappa shape index (κ1) is 17.9. The van der Waals surface area contributed by atoms with E-state index < -0.39 is 0 Å². The molecule has 0 aliphatic carbocycles. The van der Waals surface area contributed by atoms with E-state index in [1.54, 1.807) is 42.8 Å². The summed E-state index contributed by atoms with van der Waals surface area (Å²) >= 11 is 1.18. The van der Waals surface area contributed by atoms with E-state index in [1.807, 2.05) is 6.92 Å². The van der Waals surface area contributed by atoms with E-state index in [1.165, 1.54) is 16.3 Å². The van der Waals surface area contributed by atoms with Gasteiger partial charge in [0.05, 0.1) is 23.4 Å². The Kier molecular flexibility index (Phi) is 5.52. The Balaban J connectivity index is 1.77. The molecule has 8 heteroatoms. The summed E-state index contributed by atoms with van der Waals surface area (Å²) in [5.74, 6) is 0.617. The average molecular weight is 370 g/mol. The second-order valence-electron chi connectivity index (χ2n) is 5.57. The van der Waals surface area contributed by atoms with Crippen LogP contribution in [-0.4, -0.2) is 26.2 Å². The fourth-order valence-corrected chi connectivity index (χ4v) is 3.27. The molecule has 0 aliphatic rings. The van der Waals surface area contributed by atoms with E-state index in [0.717, 1.165) is 0 Å². The fourth-order valence-electron chi connectivity index (χ4n) is 2.46. The van der Waals surface area contributed by atoms with Crippen molar-refractivity contribution in [3.05, 3.63) is 65.5 Å². The number of fused-ring (bicyclic) bond motifs is 1. The second kappa shape index (κ2) is 8.01. The Morgan fingerprint density at radius 2 is 2.31 bits per heavy atom. The van der Waals surface area contributed by atoms with Crippen molar-refractivity contribution in [3.8, 4) is 0 Å². The van der Waals surface area contributed by atoms with Gasteiger partial charge in [-0.1, -0.05) is 17.8 Å². The van der Waals surface area contributed by atoms with Crippen LogP contribution in [0.5, 0.6) is 0 Å². The van der Waals surface area contributed by atoms with Crippen LogP contribution in [0.1, 0.15) is 18.7 Å². The van der Waals surface area contributed by atoms with Gasteiger partial charge in [0.1, 0.15) is 5.76 Å². The summed E-state index contributed by atoms with van der Waals surface area (Å²) in [7, 11) is 0. The number of nitrogens with one attached hydrogen (secondary N) is 1. The van der Waals surface area contributed by atoms with E-state index in [0.29, 0.717) is 28.5 Å². The molecule has 1 amide bonds. The lowest BCUT2D eigenvalue weighted by molar-refractivity contribution is -0.119. The van der Waals surface area contributed by atoms with Gasteiger partial charge in [-0.3, -0.25) is 14.2 Å². The van der Waals surface area contributed by atoms with Crippen molar-refractivity contribution < 1.29 is 9.21 Å². The molecule has 1 N–H and O–H groups in total. The van der Waals surface area contributed by atoms with E-state index in [4.69, 9.17) is 4.42 Å². The second-order valence-corrected chi connectivity index (χ2v) is 6.51. The molecule has 0 aliphatic heterocycles. The maximum absolute atomic E-state index is 12.6. The Morgan fingerprint density at radius 1 is 1.46 bits per heavy atom. The number of nitrogens with zero attached hydrogens (tertiary/aromatic N) is 3. The summed E-state index contributed by atoms with van der Waals surface area (Å²) in [4.78, 5) is 33.4. The van der Waals surface area contributed by atoms with Gasteiger partial charge in [-0.25, -0.2) is 9.97 Å². The monoisotopic (exact) mass is 370 g/mol. The van der Waals surface area contributed by atoms with Crippen LogP contribution >= 0.6 is 11.8 Å². The van der Waals surface area contributed by atoms with E-state index >= 15 is 0 Å². The molecule has 3 heterocycles. The van der Waals surface area contributed by atoms with Crippen molar-refractivity contribution in [3.63, 3.8) is 0 Å². The van der Waals surface area contributed by atoms with Gasteiger partial charge in [0.25, 0.3) is 5.56 Å². The highest BCUT2D eigenvalue weighted by Gasteiger charge is 2.15. The van der Waals surface area contributed by atoms with Crippen LogP contribution in [0.3, 0.4) is 0 Å². The summed E-state index contributed by atoms with van der Waals surface area (Å²) in [6.45, 7) is 5.83. The molecule has 134 valence electrons. The van der Waals surface area contributed by atoms with Gasteiger partial charge in [0.2, 0.25) is 5.91 Å². The lowest BCUT2D eigenvalue weighted by Gasteiger charge is -2.13. The largest absolute Gasteiger partial charge is 0.467 e. The van der Waals surface area contributed by atoms with Crippen LogP contribution in [0.15, 0.2) is 63.7 Å². The van der Waals surface area contributed by atoms with Crippen LogP contribution in [0.2, 0.25) is 0 Å². The minimum atomic E-state index is -0.236. The Bertz CT molecular complexity index is 982. The quantitative estimate of drug-likeness (QED) is 0.390. The molecule has 0 spiro atoms. The van der Waals surface area contributed by atoms with Crippen molar-refractivity contribution in [1.29, 1.82) is 0 Å². The van der Waals surface area contributed by atoms with Gasteiger partial charge in [0, 0.05) is 12.7 Å². The van der Waals surface area contributed by atoms with Crippen LogP contribution in [0.25, 0.3) is 11.0 Å². The lowest BCUT2D eigenvalue weighted by Crippen LogP contribution is -2.29. The maximum Gasteiger partial charge on any atom is 0.263 e. The number of hydrogen-bond donors (Lipinski definition) is 1. The van der Waals surface area contributed by atoms with Crippen LogP contribution in [-0.2, 0) is 11.3 Å². The molecule has 0 bridgehead atoms. The zero-order valence-corrected chi connectivity index (χ0v) is 15.0. The molecular formula is C18H18N4O3S. The molecule has 0 saturated heterocycles. The predicted octanol–water partition coefficient (Wildman–Crippen LogP) is 2.54. The maximum atomic E-state index is 12.6. The van der Waals surface area contributed by atoms with Crippen molar-refractivity contribution >= 4 is 28.7 Å². The normalized spacial score (nSPS) is 12.0. The van der Waals surface area contributed by atoms with Crippen molar-refractivity contribution in [2.24, 2.45) is 0 Å². The Labute approximate surface area is 154 Å². The third kappa shape index (κ3) is 3.85. The SMILES string of the molecule is C=CCn1c(SCC(=O)N[C@H](C)c2ccco2)nc2ncccc2c1=O. The summed E-state index contributed by atoms with van der Waals surface area (Å²) in [5.41, 5.74) is 0.166. The smallest absolute Gasteiger partial charge is 0.263 e. The number of rotatable bonds is 7. The number of carbonyl (C=O) groups excluding carboxylic acids is 1. The molecule has 0 unspecified atom stereocenters. The third-order valence-electron chi connectivity index (χ3n) is 3.69. The number of allylic oxidation sites excluding steroid dienone is 1. The fraction of sp³-hybridized carbons (Fsp3) is 0.222. The summed E-state index contributed by atoms with van der Waals surface area (Å²) < 4.78 is 6.77. The van der Waals surface area contributed by atoms with Gasteiger partial charge in [-0.2, -0.15) is 0 Å². The van der Waals surface area contributed by atoms with Crippen molar-refractivity contribution in [1.82, 2.24) is 19.9 Å². The Morgan fingerprint density at radius 3 is 3.04 bits per heavy atom. The number of thioether (sulfide) groups is 1. The molecular weight excluding hydrogens is 352 g/mol. The molecule has 3 aromatic heterocycles. The number of pyridine rings is 1. The van der Waals surface area contributed by atoms with Crippen LogP contribution < -0.4 is 10.9 Å². The zero-order chi connectivity index (χ0) is 18.5. The molecule has 3 aromatic rings. The summed E-state index contributed by atoms with van der Waals surface area (Å²) in [6, 6.07) is 6.71. The third-order valence-corrected chi connectivity index (χ3v) is 4.66. The number of furan rings is 1. The minimum Gasteiger partial charge on any atom is -0.467 e. The van der Waals surface area contributed by atoms with Gasteiger partial charge in [-0.15, -0.1) is 6.58 Å². The lowest BCUT2D eigenvalue weighted by atomic mass is 10.2. The number of carbonyl (C=O) groups is 1. The topological polar surface area (TPSA) is 90.0 Å². The first-order valence-electron chi connectivity index (χ1n) is 8.02.